The first kappa shape index (κ1) is 21.8. The van der Waals surface area contributed by atoms with Crippen LogP contribution in [0.5, 0.6) is 17.2 Å². The number of benzene rings is 2. The molecule has 0 unspecified atom stereocenters. The normalized spacial score (nSPS) is 12.5. The number of anilines is 2. The Morgan fingerprint density at radius 2 is 1.72 bits per heavy atom. The Labute approximate surface area is 189 Å². The summed E-state index contributed by atoms with van der Waals surface area (Å²) in [5, 5.41) is 6.35. The molecule has 3 aromatic rings. The van der Waals surface area contributed by atoms with Crippen molar-refractivity contribution in [3.63, 3.8) is 0 Å². The number of hydrogen-bond donors (Lipinski definition) is 2. The molecular weight excluding hydrogens is 432 g/mol. The van der Waals surface area contributed by atoms with E-state index in [1.54, 1.807) is 30.3 Å². The van der Waals surface area contributed by atoms with Gasteiger partial charge in [-0.3, -0.25) is 0 Å². The number of methoxy groups -OCH3 is 1. The Morgan fingerprint density at radius 1 is 1.03 bits per heavy atom. The van der Waals surface area contributed by atoms with Crippen LogP contribution in [0.3, 0.4) is 0 Å². The summed E-state index contributed by atoms with van der Waals surface area (Å²) < 4.78 is 22.8. The lowest BCUT2D eigenvalue weighted by Gasteiger charge is -2.19. The molecule has 0 atom stereocenters. The highest BCUT2D eigenvalue weighted by atomic mass is 32.1. The van der Waals surface area contributed by atoms with Gasteiger partial charge in [-0.2, -0.15) is 0 Å². The zero-order chi connectivity index (χ0) is 22.7. The second-order valence-corrected chi connectivity index (χ2v) is 8.66. The molecule has 8 nitrogen and oxygen atoms in total. The Morgan fingerprint density at radius 3 is 2.44 bits per heavy atom. The van der Waals surface area contributed by atoms with Crippen LogP contribution in [0.4, 0.5) is 16.2 Å². The third-order valence-corrected chi connectivity index (χ3v) is 5.76. The van der Waals surface area contributed by atoms with Crippen LogP contribution in [0.2, 0.25) is 0 Å². The van der Waals surface area contributed by atoms with Gasteiger partial charge >= 0.3 is 12.0 Å². The van der Waals surface area contributed by atoms with Crippen molar-refractivity contribution in [3.05, 3.63) is 41.3 Å². The first-order chi connectivity index (χ1) is 15.4. The van der Waals surface area contributed by atoms with Crippen molar-refractivity contribution in [1.82, 2.24) is 0 Å². The minimum Gasteiger partial charge on any atom is -0.491 e. The molecule has 1 aliphatic heterocycles. The van der Waals surface area contributed by atoms with Gasteiger partial charge in [0.1, 0.15) is 13.2 Å². The van der Waals surface area contributed by atoms with Crippen molar-refractivity contribution in [3.8, 4) is 17.2 Å². The molecule has 168 valence electrons. The molecule has 9 heteroatoms. The minimum absolute atomic E-state index is 0.286. The summed E-state index contributed by atoms with van der Waals surface area (Å²) in [5.41, 5.74) is 1.15. The molecule has 0 aliphatic carbocycles. The van der Waals surface area contributed by atoms with E-state index in [0.29, 0.717) is 53.3 Å². The number of ether oxygens (including phenoxy) is 4. The molecule has 2 heterocycles. The summed E-state index contributed by atoms with van der Waals surface area (Å²) in [5.74, 6) is 1.56. The van der Waals surface area contributed by atoms with Crippen molar-refractivity contribution in [2.75, 3.05) is 37.6 Å². The Hall–Kier alpha value is -3.46. The summed E-state index contributed by atoms with van der Waals surface area (Å²) in [6.07, 6.45) is 0. The molecule has 2 N–H and O–H groups in total. The molecule has 0 saturated heterocycles. The number of hydrogen-bond acceptors (Lipinski definition) is 7. The van der Waals surface area contributed by atoms with Gasteiger partial charge in [-0.25, -0.2) is 9.59 Å². The Kier molecular flexibility index (Phi) is 6.36. The molecule has 1 aromatic heterocycles. The molecule has 0 fully saturated rings. The largest absolute Gasteiger partial charge is 0.491 e. The molecular formula is C23H24N2O6S. The minimum atomic E-state index is -0.448. The number of carbonyl (C=O) groups is 2. The second-order valence-electron chi connectivity index (χ2n) is 7.61. The molecule has 0 radical (unpaired) electrons. The zero-order valence-corrected chi connectivity index (χ0v) is 18.8. The molecule has 4 rings (SSSR count). The van der Waals surface area contributed by atoms with Gasteiger partial charge in [-0.1, -0.05) is 13.8 Å². The fourth-order valence-electron chi connectivity index (χ4n) is 3.19. The van der Waals surface area contributed by atoms with Crippen molar-refractivity contribution < 1.29 is 28.5 Å². The zero-order valence-electron chi connectivity index (χ0n) is 18.0. The SMILES string of the molecule is COC(=O)c1sc2ccc(NC(=O)Nc3ccc4c(c3)OCCO4)cc2c1OCC(C)C. The van der Waals surface area contributed by atoms with Crippen molar-refractivity contribution >= 4 is 44.8 Å². The molecule has 0 bridgehead atoms. The maximum atomic E-state index is 12.5. The van der Waals surface area contributed by atoms with Crippen LogP contribution < -0.4 is 24.8 Å². The smallest absolute Gasteiger partial charge is 0.351 e. The number of thiophene rings is 1. The number of rotatable bonds is 6. The maximum Gasteiger partial charge on any atom is 0.351 e. The lowest BCUT2D eigenvalue weighted by molar-refractivity contribution is 0.0601. The number of urea groups is 1. The maximum absolute atomic E-state index is 12.5. The monoisotopic (exact) mass is 456 g/mol. The first-order valence-electron chi connectivity index (χ1n) is 10.2. The van der Waals surface area contributed by atoms with E-state index in [9.17, 15) is 9.59 Å². The van der Waals surface area contributed by atoms with Crippen molar-refractivity contribution in [2.45, 2.75) is 13.8 Å². The number of nitrogens with one attached hydrogen (secondary N) is 2. The van der Waals surface area contributed by atoms with Crippen LogP contribution >= 0.6 is 11.3 Å². The van der Waals surface area contributed by atoms with E-state index in [2.05, 4.69) is 10.6 Å². The highest BCUT2D eigenvalue weighted by Crippen LogP contribution is 2.40. The third-order valence-electron chi connectivity index (χ3n) is 4.63. The van der Waals surface area contributed by atoms with E-state index in [1.807, 2.05) is 19.9 Å². The fraction of sp³-hybridized carbons (Fsp3) is 0.304. The predicted molar refractivity (Wildman–Crippen MR) is 124 cm³/mol. The summed E-state index contributed by atoms with van der Waals surface area (Å²) in [7, 11) is 1.34. The third kappa shape index (κ3) is 4.72. The van der Waals surface area contributed by atoms with Crippen LogP contribution in [0, 0.1) is 5.92 Å². The first-order valence-corrected chi connectivity index (χ1v) is 11.0. The average Bonchev–Trinajstić information content (AvgIpc) is 3.14. The number of amides is 2. The number of fused-ring (bicyclic) bond motifs is 2. The summed E-state index contributed by atoms with van der Waals surface area (Å²) in [4.78, 5) is 25.2. The highest BCUT2D eigenvalue weighted by Gasteiger charge is 2.21. The predicted octanol–water partition coefficient (Wildman–Crippen LogP) is 5.14. The molecule has 0 spiro atoms. The van der Waals surface area contributed by atoms with Gasteiger partial charge in [-0.05, 0) is 36.2 Å². The molecule has 1 aliphatic rings. The quantitative estimate of drug-likeness (QED) is 0.499. The van der Waals surface area contributed by atoms with Crippen LogP contribution in [-0.2, 0) is 4.74 Å². The standard InChI is InChI=1S/C23H24N2O6S/c1-13(2)12-31-20-16-10-14(5-7-19(16)32-21(20)22(26)28-3)24-23(27)25-15-4-6-17-18(11-15)30-9-8-29-17/h4-7,10-11,13H,8-9,12H2,1-3H3,(H2,24,25,27). The Bertz CT molecular complexity index is 1160. The lowest BCUT2D eigenvalue weighted by atomic mass is 10.2. The summed E-state index contributed by atoms with van der Waals surface area (Å²) >= 11 is 1.30. The van der Waals surface area contributed by atoms with E-state index >= 15 is 0 Å². The number of carbonyl (C=O) groups excluding carboxylic acids is 2. The van der Waals surface area contributed by atoms with E-state index in [4.69, 9.17) is 18.9 Å². The van der Waals surface area contributed by atoms with Gasteiger partial charge in [0.2, 0.25) is 0 Å². The summed E-state index contributed by atoms with van der Waals surface area (Å²) in [6, 6.07) is 10.2. The van der Waals surface area contributed by atoms with Crippen LogP contribution in [0.15, 0.2) is 36.4 Å². The fourth-order valence-corrected chi connectivity index (χ4v) is 4.23. The van der Waals surface area contributed by atoms with E-state index in [-0.39, 0.29) is 5.92 Å². The second kappa shape index (κ2) is 9.35. The van der Waals surface area contributed by atoms with Gasteiger partial charge in [0.05, 0.1) is 13.7 Å². The van der Waals surface area contributed by atoms with Crippen molar-refractivity contribution in [2.24, 2.45) is 5.92 Å². The van der Waals surface area contributed by atoms with E-state index in [0.717, 1.165) is 10.1 Å². The average molecular weight is 457 g/mol. The van der Waals surface area contributed by atoms with E-state index in [1.165, 1.54) is 18.4 Å². The van der Waals surface area contributed by atoms with Crippen LogP contribution in [-0.4, -0.2) is 38.9 Å². The molecule has 2 amide bonds. The summed E-state index contributed by atoms with van der Waals surface area (Å²) in [6.45, 7) is 5.49. The lowest BCUT2D eigenvalue weighted by Crippen LogP contribution is -2.20. The van der Waals surface area contributed by atoms with Gasteiger partial charge < -0.3 is 29.6 Å². The van der Waals surface area contributed by atoms with Gasteiger partial charge in [-0.15, -0.1) is 11.3 Å². The van der Waals surface area contributed by atoms with Gasteiger partial charge in [0.15, 0.2) is 22.1 Å². The highest BCUT2D eigenvalue weighted by molar-refractivity contribution is 7.21. The van der Waals surface area contributed by atoms with Crippen LogP contribution in [0.25, 0.3) is 10.1 Å². The number of esters is 1. The molecule has 32 heavy (non-hydrogen) atoms. The molecule has 2 aromatic carbocycles. The van der Waals surface area contributed by atoms with Gasteiger partial charge in [0, 0.05) is 27.5 Å². The van der Waals surface area contributed by atoms with Crippen LogP contribution in [0.1, 0.15) is 23.5 Å². The van der Waals surface area contributed by atoms with Crippen molar-refractivity contribution in [1.29, 1.82) is 0 Å². The Balaban J connectivity index is 1.54. The van der Waals surface area contributed by atoms with Gasteiger partial charge in [0.25, 0.3) is 0 Å². The topological polar surface area (TPSA) is 95.1 Å². The van der Waals surface area contributed by atoms with E-state index < -0.39 is 12.0 Å². The molecule has 0 saturated carbocycles.